The first-order valence-electron chi connectivity index (χ1n) is 5.17. The van der Waals surface area contributed by atoms with Crippen molar-refractivity contribution >= 4 is 27.9 Å². The summed E-state index contributed by atoms with van der Waals surface area (Å²) in [6.07, 6.45) is 2.48. The van der Waals surface area contributed by atoms with E-state index >= 15 is 0 Å². The van der Waals surface area contributed by atoms with Crippen LogP contribution in [-0.2, 0) is 4.79 Å². The molecule has 5 heteroatoms. The number of imide groups is 1. The second-order valence-electron chi connectivity index (χ2n) is 3.20. The Balaban J connectivity index is 0. The largest absolute Gasteiger partial charge is 0.351 e. The van der Waals surface area contributed by atoms with Gasteiger partial charge in [-0.1, -0.05) is 50.0 Å². The molecule has 0 aliphatic heterocycles. The molecule has 0 aliphatic carbocycles. The molecule has 90 valence electrons. The first-order valence-corrected chi connectivity index (χ1v) is 5.96. The fourth-order valence-corrected chi connectivity index (χ4v) is 0.894. The van der Waals surface area contributed by atoms with E-state index in [9.17, 15) is 9.59 Å². The van der Waals surface area contributed by atoms with Crippen molar-refractivity contribution in [1.29, 1.82) is 0 Å². The highest BCUT2D eigenvalue weighted by atomic mass is 79.9. The molecule has 4 nitrogen and oxygen atoms in total. The molecule has 0 aromatic rings. The zero-order chi connectivity index (χ0) is 12.5. The number of carbonyl (C=O) groups excluding carboxylic acids is 2. The SMILES string of the molecule is CCC.CCC(Br)(CC)C(=O)NC(N)=O. The average Bonchev–Trinajstić information content (AvgIpc) is 2.16. The maximum absolute atomic E-state index is 11.3. The van der Waals surface area contributed by atoms with Crippen LogP contribution in [0.15, 0.2) is 0 Å². The third-order valence-electron chi connectivity index (χ3n) is 1.76. The summed E-state index contributed by atoms with van der Waals surface area (Å²) in [5, 5.41) is 2.04. The van der Waals surface area contributed by atoms with Crippen LogP contribution >= 0.6 is 15.9 Å². The number of nitrogens with one attached hydrogen (secondary N) is 1. The van der Waals surface area contributed by atoms with Crippen molar-refractivity contribution in [3.05, 3.63) is 0 Å². The Bertz CT molecular complexity index is 204. The van der Waals surface area contributed by atoms with E-state index in [-0.39, 0.29) is 5.91 Å². The van der Waals surface area contributed by atoms with Gasteiger partial charge in [-0.25, -0.2) is 4.79 Å². The van der Waals surface area contributed by atoms with Crippen molar-refractivity contribution < 1.29 is 9.59 Å². The van der Waals surface area contributed by atoms with Crippen LogP contribution in [0.1, 0.15) is 47.0 Å². The van der Waals surface area contributed by atoms with Gasteiger partial charge in [0.2, 0.25) is 5.91 Å². The fourth-order valence-electron chi connectivity index (χ4n) is 0.795. The van der Waals surface area contributed by atoms with Gasteiger partial charge in [-0.3, -0.25) is 10.1 Å². The molecule has 0 heterocycles. The zero-order valence-electron chi connectivity index (χ0n) is 9.89. The molecule has 3 N–H and O–H groups in total. The van der Waals surface area contributed by atoms with Crippen molar-refractivity contribution in [2.45, 2.75) is 51.3 Å². The highest BCUT2D eigenvalue weighted by molar-refractivity contribution is 9.10. The van der Waals surface area contributed by atoms with Crippen molar-refractivity contribution in [2.24, 2.45) is 5.73 Å². The van der Waals surface area contributed by atoms with Crippen LogP contribution < -0.4 is 11.1 Å². The zero-order valence-corrected chi connectivity index (χ0v) is 11.5. The molecule has 0 aromatic heterocycles. The molecule has 0 spiro atoms. The fraction of sp³-hybridized carbons (Fsp3) is 0.800. The van der Waals surface area contributed by atoms with Gasteiger partial charge in [0.25, 0.3) is 0 Å². The Kier molecular flexibility index (Phi) is 9.77. The minimum absolute atomic E-state index is 0.375. The summed E-state index contributed by atoms with van der Waals surface area (Å²) >= 11 is 3.26. The Morgan fingerprint density at radius 3 is 1.73 bits per heavy atom. The van der Waals surface area contributed by atoms with Crippen molar-refractivity contribution in [3.63, 3.8) is 0 Å². The Morgan fingerprint density at radius 2 is 1.53 bits per heavy atom. The van der Waals surface area contributed by atoms with Crippen molar-refractivity contribution in [2.75, 3.05) is 0 Å². The average molecular weight is 281 g/mol. The maximum atomic E-state index is 11.3. The highest BCUT2D eigenvalue weighted by Crippen LogP contribution is 2.26. The molecule has 0 saturated heterocycles. The van der Waals surface area contributed by atoms with E-state index in [2.05, 4.69) is 29.8 Å². The lowest BCUT2D eigenvalue weighted by Crippen LogP contribution is -2.46. The molecular weight excluding hydrogens is 260 g/mol. The molecule has 0 fully saturated rings. The molecular formula is C10H21BrN2O2. The second kappa shape index (κ2) is 8.71. The lowest BCUT2D eigenvalue weighted by Gasteiger charge is -2.21. The summed E-state index contributed by atoms with van der Waals surface area (Å²) in [6.45, 7) is 7.97. The van der Waals surface area contributed by atoms with Crippen molar-refractivity contribution in [3.8, 4) is 0 Å². The third-order valence-corrected chi connectivity index (χ3v) is 3.25. The van der Waals surface area contributed by atoms with Crippen LogP contribution in [-0.4, -0.2) is 16.3 Å². The first-order chi connectivity index (χ1) is 6.87. The lowest BCUT2D eigenvalue weighted by molar-refractivity contribution is -0.122. The molecule has 0 aromatic carbocycles. The number of rotatable bonds is 3. The molecule has 0 aliphatic rings. The molecule has 15 heavy (non-hydrogen) atoms. The lowest BCUT2D eigenvalue weighted by atomic mass is 10.0. The van der Waals surface area contributed by atoms with Crippen LogP contribution in [0.25, 0.3) is 0 Å². The summed E-state index contributed by atoms with van der Waals surface area (Å²) in [5.74, 6) is -0.375. The monoisotopic (exact) mass is 280 g/mol. The van der Waals surface area contributed by atoms with Gasteiger partial charge < -0.3 is 5.73 Å². The summed E-state index contributed by atoms with van der Waals surface area (Å²) in [4.78, 5) is 21.6. The minimum Gasteiger partial charge on any atom is -0.351 e. The van der Waals surface area contributed by atoms with E-state index in [0.717, 1.165) is 0 Å². The van der Waals surface area contributed by atoms with Crippen LogP contribution in [0.2, 0.25) is 0 Å². The van der Waals surface area contributed by atoms with E-state index in [1.807, 2.05) is 19.2 Å². The van der Waals surface area contributed by atoms with Crippen LogP contribution in [0.4, 0.5) is 4.79 Å². The number of alkyl halides is 1. The Morgan fingerprint density at radius 1 is 1.20 bits per heavy atom. The Hall–Kier alpha value is -0.580. The minimum atomic E-state index is -0.814. The van der Waals surface area contributed by atoms with E-state index in [1.165, 1.54) is 6.42 Å². The van der Waals surface area contributed by atoms with Gasteiger partial charge >= 0.3 is 6.03 Å². The number of hydrogen-bond acceptors (Lipinski definition) is 2. The van der Waals surface area contributed by atoms with E-state index in [1.54, 1.807) is 0 Å². The van der Waals surface area contributed by atoms with Gasteiger partial charge in [0, 0.05) is 0 Å². The predicted octanol–water partition coefficient (Wildman–Crippen LogP) is 2.55. The number of hydrogen-bond donors (Lipinski definition) is 2. The Labute approximate surface area is 100 Å². The number of primary amides is 1. The van der Waals surface area contributed by atoms with Gasteiger partial charge in [-0.05, 0) is 12.8 Å². The summed E-state index contributed by atoms with van der Waals surface area (Å²) < 4.78 is -0.665. The maximum Gasteiger partial charge on any atom is 0.318 e. The normalized spacial score (nSPS) is 9.93. The van der Waals surface area contributed by atoms with Crippen molar-refractivity contribution in [1.82, 2.24) is 5.32 Å². The quantitative estimate of drug-likeness (QED) is 0.780. The second-order valence-corrected chi connectivity index (χ2v) is 4.72. The van der Waals surface area contributed by atoms with E-state index < -0.39 is 10.4 Å². The molecule has 0 saturated carbocycles. The van der Waals surface area contributed by atoms with E-state index in [0.29, 0.717) is 12.8 Å². The molecule has 0 bridgehead atoms. The topological polar surface area (TPSA) is 72.2 Å². The molecule has 3 amide bonds. The van der Waals surface area contributed by atoms with Gasteiger partial charge in [0.15, 0.2) is 0 Å². The number of amides is 3. The standard InChI is InChI=1S/C7H13BrN2O2.C3H8/c1-3-7(8,4-2)5(11)10-6(9)12;1-3-2/h3-4H2,1-2H3,(H3,9,10,11,12);3H2,1-2H3. The van der Waals surface area contributed by atoms with Gasteiger partial charge in [-0.2, -0.15) is 0 Å². The molecule has 0 atom stereocenters. The van der Waals surface area contributed by atoms with Gasteiger partial charge in [0.05, 0.1) is 0 Å². The number of urea groups is 1. The number of carbonyl (C=O) groups is 2. The summed E-state index contributed by atoms with van der Waals surface area (Å²) in [7, 11) is 0. The van der Waals surface area contributed by atoms with Crippen LogP contribution in [0.5, 0.6) is 0 Å². The summed E-state index contributed by atoms with van der Waals surface area (Å²) in [6, 6.07) is -0.814. The number of halogens is 1. The highest BCUT2D eigenvalue weighted by Gasteiger charge is 2.32. The summed E-state index contributed by atoms with van der Waals surface area (Å²) in [5.41, 5.74) is 4.81. The third kappa shape index (κ3) is 7.36. The first kappa shape index (κ1) is 16.8. The molecule has 0 rings (SSSR count). The van der Waals surface area contributed by atoms with Gasteiger partial charge in [-0.15, -0.1) is 0 Å². The van der Waals surface area contributed by atoms with Gasteiger partial charge in [0.1, 0.15) is 4.32 Å². The predicted molar refractivity (Wildman–Crippen MR) is 65.9 cm³/mol. The molecule has 0 radical (unpaired) electrons. The van der Waals surface area contributed by atoms with Crippen LogP contribution in [0, 0.1) is 0 Å². The smallest absolute Gasteiger partial charge is 0.318 e. The van der Waals surface area contributed by atoms with E-state index in [4.69, 9.17) is 5.73 Å². The van der Waals surface area contributed by atoms with Crippen LogP contribution in [0.3, 0.4) is 0 Å². The molecule has 0 unspecified atom stereocenters. The number of nitrogens with two attached hydrogens (primary N) is 1.